The fourth-order valence-corrected chi connectivity index (χ4v) is 4.45. The summed E-state index contributed by atoms with van der Waals surface area (Å²) in [5.74, 6) is 0. The van der Waals surface area contributed by atoms with E-state index >= 15 is 0 Å². The van der Waals surface area contributed by atoms with E-state index in [1.807, 2.05) is 0 Å². The van der Waals surface area contributed by atoms with Crippen LogP contribution in [0.1, 0.15) is 0 Å². The van der Waals surface area contributed by atoms with Crippen LogP contribution in [0.15, 0.2) is 34.1 Å². The van der Waals surface area contributed by atoms with Gasteiger partial charge in [0.25, 0.3) is 9.05 Å². The van der Waals surface area contributed by atoms with Crippen LogP contribution in [0.2, 0.25) is 20.1 Å². The van der Waals surface area contributed by atoms with E-state index in [0.717, 1.165) is 18.2 Å². The third-order valence-electron chi connectivity index (χ3n) is 2.63. The Morgan fingerprint density at radius 1 is 0.692 bits per heavy atom. The Balaban J connectivity index is 0.000000260. The molecular weight excluding hydrogens is 497 g/mol. The van der Waals surface area contributed by atoms with Crippen LogP contribution in [0.5, 0.6) is 0 Å². The molecule has 2 aromatic rings. The molecule has 0 fully saturated rings. The van der Waals surface area contributed by atoms with Crippen LogP contribution in [0.4, 0.5) is 15.3 Å². The molecule has 2 rings (SSSR count). The normalized spacial score (nSPS) is 11.6. The molecule has 4 N–H and O–H groups in total. The van der Waals surface area contributed by atoms with E-state index in [1.165, 1.54) is 6.07 Å². The van der Waals surface area contributed by atoms with Gasteiger partial charge in [-0.05, 0) is 24.3 Å². The molecule has 0 radical (unpaired) electrons. The second-order valence-corrected chi connectivity index (χ2v) is 9.96. The Hall–Kier alpha value is -0.680. The predicted molar refractivity (Wildman–Crippen MR) is 103 cm³/mol. The molecule has 0 saturated heterocycles. The van der Waals surface area contributed by atoms with Crippen LogP contribution in [0, 0.1) is 0 Å². The van der Waals surface area contributed by atoms with Gasteiger partial charge >= 0.3 is 10.2 Å². The number of hydrogen-bond acceptors (Lipinski definition) is 6. The SMILES string of the molecule is Nc1cc(Cl)c(S(=O)(=O)Cl)cc1Cl.Nc1cc(Cl)c(S(=O)(=O)F)cc1Cl. The number of anilines is 2. The van der Waals surface area contributed by atoms with Crippen molar-refractivity contribution in [3.05, 3.63) is 44.4 Å². The van der Waals surface area contributed by atoms with E-state index in [-0.39, 0.29) is 36.4 Å². The molecule has 0 amide bonds. The first-order valence-electron chi connectivity index (χ1n) is 6.03. The van der Waals surface area contributed by atoms with Gasteiger partial charge in [-0.3, -0.25) is 0 Å². The Labute approximate surface area is 173 Å². The summed E-state index contributed by atoms with van der Waals surface area (Å²) in [5.41, 5.74) is 11.0. The van der Waals surface area contributed by atoms with Crippen molar-refractivity contribution in [2.24, 2.45) is 0 Å². The highest BCUT2D eigenvalue weighted by atomic mass is 35.7. The summed E-state index contributed by atoms with van der Waals surface area (Å²) in [6, 6.07) is 4.30. The maximum absolute atomic E-state index is 12.5. The van der Waals surface area contributed by atoms with Crippen molar-refractivity contribution in [1.29, 1.82) is 0 Å². The Morgan fingerprint density at radius 2 is 1.04 bits per heavy atom. The minimum atomic E-state index is -4.84. The molecule has 0 aliphatic rings. The van der Waals surface area contributed by atoms with Gasteiger partial charge in [-0.1, -0.05) is 46.4 Å². The van der Waals surface area contributed by atoms with Crippen molar-refractivity contribution in [3.63, 3.8) is 0 Å². The van der Waals surface area contributed by atoms with Gasteiger partial charge in [0.05, 0.1) is 31.5 Å². The Bertz CT molecular complexity index is 976. The Kier molecular flexibility index (Phi) is 7.69. The molecule has 0 aliphatic heterocycles. The fourth-order valence-electron chi connectivity index (χ4n) is 1.46. The van der Waals surface area contributed by atoms with Crippen LogP contribution in [0.25, 0.3) is 0 Å². The lowest BCUT2D eigenvalue weighted by atomic mass is 10.3. The van der Waals surface area contributed by atoms with E-state index in [4.69, 9.17) is 68.6 Å². The summed E-state index contributed by atoms with van der Waals surface area (Å²) < 4.78 is 55.2. The van der Waals surface area contributed by atoms with Crippen LogP contribution in [0.3, 0.4) is 0 Å². The number of benzene rings is 2. The fraction of sp³-hybridized carbons (Fsp3) is 0. The van der Waals surface area contributed by atoms with Gasteiger partial charge in [0, 0.05) is 10.7 Å². The third-order valence-corrected chi connectivity index (χ3v) is 6.36. The quantitative estimate of drug-likeness (QED) is 0.450. The summed E-state index contributed by atoms with van der Waals surface area (Å²) in [4.78, 5) is -0.914. The zero-order valence-electron chi connectivity index (χ0n) is 12.2. The van der Waals surface area contributed by atoms with Gasteiger partial charge in [-0.25, -0.2) is 8.42 Å². The molecule has 0 aliphatic carbocycles. The lowest BCUT2D eigenvalue weighted by Crippen LogP contribution is -1.95. The minimum Gasteiger partial charge on any atom is -0.397 e. The number of rotatable bonds is 2. The molecule has 0 unspecified atom stereocenters. The van der Waals surface area contributed by atoms with E-state index < -0.39 is 24.2 Å². The van der Waals surface area contributed by atoms with Gasteiger partial charge in [0.2, 0.25) is 0 Å². The number of halogens is 6. The predicted octanol–water partition coefficient (Wildman–Crippen LogP) is 4.74. The van der Waals surface area contributed by atoms with Crippen molar-refractivity contribution in [3.8, 4) is 0 Å². The summed E-state index contributed by atoms with van der Waals surface area (Å²) in [6.07, 6.45) is 0. The van der Waals surface area contributed by atoms with Crippen molar-refractivity contribution in [2.75, 3.05) is 11.5 Å². The maximum atomic E-state index is 12.5. The molecule has 6 nitrogen and oxygen atoms in total. The molecule has 0 spiro atoms. The third kappa shape index (κ3) is 6.19. The smallest absolute Gasteiger partial charge is 0.333 e. The molecule has 0 aromatic heterocycles. The second kappa shape index (κ2) is 8.55. The van der Waals surface area contributed by atoms with Crippen molar-refractivity contribution >= 4 is 87.7 Å². The molecule has 0 atom stereocenters. The molecule has 2 aromatic carbocycles. The van der Waals surface area contributed by atoms with Crippen molar-refractivity contribution in [1.82, 2.24) is 0 Å². The molecule has 144 valence electrons. The zero-order chi connectivity index (χ0) is 20.4. The van der Waals surface area contributed by atoms with Gasteiger partial charge in [0.15, 0.2) is 0 Å². The minimum absolute atomic E-state index is 0.0445. The standard InChI is InChI=1S/C6H4Cl3NO2S.C6H4Cl2FNO2S/c2*7-3-2-6(13(9,11)12)4(8)1-5(3)10/h2*1-2H,10H2. The van der Waals surface area contributed by atoms with Crippen LogP contribution in [-0.4, -0.2) is 16.8 Å². The topological polar surface area (TPSA) is 120 Å². The van der Waals surface area contributed by atoms with Gasteiger partial charge in [-0.2, -0.15) is 8.42 Å². The number of nitrogens with two attached hydrogens (primary N) is 2. The summed E-state index contributed by atoms with van der Waals surface area (Å²) in [5, 5.41) is -0.287. The molecule has 0 bridgehead atoms. The van der Waals surface area contributed by atoms with E-state index in [1.54, 1.807) is 0 Å². The average molecular weight is 505 g/mol. The molecule has 14 heteroatoms. The maximum Gasteiger partial charge on any atom is 0.333 e. The van der Waals surface area contributed by atoms with E-state index in [2.05, 4.69) is 0 Å². The largest absolute Gasteiger partial charge is 0.397 e. The number of hydrogen-bond donors (Lipinski definition) is 2. The van der Waals surface area contributed by atoms with E-state index in [9.17, 15) is 20.7 Å². The highest BCUT2D eigenvalue weighted by Gasteiger charge is 2.18. The summed E-state index contributed by atoms with van der Waals surface area (Å²) in [6.45, 7) is 0. The first kappa shape index (κ1) is 23.4. The second-order valence-electron chi connectivity index (χ2n) is 4.48. The lowest BCUT2D eigenvalue weighted by Gasteiger charge is -2.03. The average Bonchev–Trinajstić information content (AvgIpc) is 2.45. The van der Waals surface area contributed by atoms with Crippen LogP contribution >= 0.6 is 57.1 Å². The highest BCUT2D eigenvalue weighted by Crippen LogP contribution is 2.32. The Morgan fingerprint density at radius 3 is 1.38 bits per heavy atom. The number of nitrogen functional groups attached to an aromatic ring is 2. The van der Waals surface area contributed by atoms with Crippen LogP contribution in [-0.2, 0) is 19.3 Å². The zero-order valence-corrected chi connectivity index (χ0v) is 17.6. The molecular formula is C12H8Cl5FN2O4S2. The monoisotopic (exact) mass is 502 g/mol. The van der Waals surface area contributed by atoms with Crippen molar-refractivity contribution in [2.45, 2.75) is 9.79 Å². The van der Waals surface area contributed by atoms with Gasteiger partial charge < -0.3 is 11.5 Å². The van der Waals surface area contributed by atoms with E-state index in [0.29, 0.717) is 0 Å². The highest BCUT2D eigenvalue weighted by molar-refractivity contribution is 8.13. The summed E-state index contributed by atoms with van der Waals surface area (Å²) >= 11 is 22.1. The first-order valence-corrected chi connectivity index (χ1v) is 11.2. The summed E-state index contributed by atoms with van der Waals surface area (Å²) in [7, 11) is -3.64. The molecule has 26 heavy (non-hydrogen) atoms. The van der Waals surface area contributed by atoms with Gasteiger partial charge in [0.1, 0.15) is 9.79 Å². The molecule has 0 saturated carbocycles. The first-order chi connectivity index (χ1) is 11.6. The van der Waals surface area contributed by atoms with Crippen molar-refractivity contribution < 1.29 is 20.7 Å². The van der Waals surface area contributed by atoms with Gasteiger partial charge in [-0.15, -0.1) is 3.89 Å². The molecule has 0 heterocycles. The lowest BCUT2D eigenvalue weighted by molar-refractivity contribution is 0.552. The van der Waals surface area contributed by atoms with Crippen LogP contribution < -0.4 is 11.5 Å².